The van der Waals surface area contributed by atoms with Gasteiger partial charge < -0.3 is 4.74 Å². The van der Waals surface area contributed by atoms with E-state index in [0.29, 0.717) is 5.57 Å². The molecule has 0 rings (SSSR count). The Morgan fingerprint density at radius 3 is 2.44 bits per heavy atom. The Kier molecular flexibility index (Phi) is 3.22. The van der Waals surface area contributed by atoms with Gasteiger partial charge in [0.05, 0.1) is 7.11 Å². The van der Waals surface area contributed by atoms with Crippen molar-refractivity contribution in [1.29, 1.82) is 0 Å². The number of carbonyl (C=O) groups is 1. The zero-order chi connectivity index (χ0) is 7.28. The predicted molar refractivity (Wildman–Crippen MR) is 34.6 cm³/mol. The van der Waals surface area contributed by atoms with Crippen molar-refractivity contribution in [2.75, 3.05) is 7.11 Å². The van der Waals surface area contributed by atoms with Crippen molar-refractivity contribution in [2.45, 2.75) is 6.92 Å². The molecule has 0 aromatic heterocycles. The number of hydrogen-bond donors (Lipinski definition) is 0. The maximum Gasteiger partial charge on any atom is 0.384 e. The van der Waals surface area contributed by atoms with Gasteiger partial charge in [0.1, 0.15) is 0 Å². The highest BCUT2D eigenvalue weighted by Gasteiger charge is 1.86. The smallest absolute Gasteiger partial charge is 0.384 e. The fraction of sp³-hybridized carbons (Fsp3) is 0.286. The van der Waals surface area contributed by atoms with Crippen molar-refractivity contribution in [3.63, 3.8) is 0 Å². The molecule has 0 saturated carbocycles. The first-order valence-electron chi connectivity index (χ1n) is 2.42. The summed E-state index contributed by atoms with van der Waals surface area (Å²) < 4.78 is 4.25. The van der Waals surface area contributed by atoms with Gasteiger partial charge in [0, 0.05) is 5.92 Å². The van der Waals surface area contributed by atoms with Crippen LogP contribution in [0.4, 0.5) is 0 Å². The van der Waals surface area contributed by atoms with Crippen LogP contribution in [0.3, 0.4) is 0 Å². The minimum absolute atomic E-state index is 0.530. The van der Waals surface area contributed by atoms with Gasteiger partial charge in [-0.05, 0) is 12.5 Å². The zero-order valence-electron chi connectivity index (χ0n) is 5.52. The lowest BCUT2D eigenvalue weighted by molar-refractivity contribution is -0.133. The SMILES string of the molecule is C=C(C)C#CC(=O)OC. The fourth-order valence-corrected chi connectivity index (χ4v) is 0.209. The van der Waals surface area contributed by atoms with Gasteiger partial charge in [-0.3, -0.25) is 0 Å². The van der Waals surface area contributed by atoms with Gasteiger partial charge in [-0.15, -0.1) is 0 Å². The van der Waals surface area contributed by atoms with Crippen molar-refractivity contribution in [3.05, 3.63) is 12.2 Å². The van der Waals surface area contributed by atoms with Crippen LogP contribution in [0.5, 0.6) is 0 Å². The Hall–Kier alpha value is -1.23. The molecule has 0 unspecified atom stereocenters. The molecule has 0 fully saturated rings. The topological polar surface area (TPSA) is 26.3 Å². The standard InChI is InChI=1S/C7H8O2/c1-6(2)4-5-7(8)9-3/h1H2,2-3H3. The summed E-state index contributed by atoms with van der Waals surface area (Å²) >= 11 is 0. The van der Waals surface area contributed by atoms with Crippen LogP contribution in [-0.4, -0.2) is 13.1 Å². The second kappa shape index (κ2) is 3.73. The first-order chi connectivity index (χ1) is 4.16. The van der Waals surface area contributed by atoms with E-state index in [1.807, 2.05) is 0 Å². The summed E-state index contributed by atoms with van der Waals surface area (Å²) in [6, 6.07) is 0. The molecule has 0 amide bonds. The van der Waals surface area contributed by atoms with Crippen LogP contribution < -0.4 is 0 Å². The van der Waals surface area contributed by atoms with Gasteiger partial charge in [0.25, 0.3) is 0 Å². The van der Waals surface area contributed by atoms with Crippen LogP contribution in [-0.2, 0) is 9.53 Å². The number of carbonyl (C=O) groups excluding carboxylic acids is 1. The molecule has 0 saturated heterocycles. The van der Waals surface area contributed by atoms with Crippen LogP contribution in [0, 0.1) is 11.8 Å². The molecule has 0 spiro atoms. The van der Waals surface area contributed by atoms with Crippen LogP contribution in [0.2, 0.25) is 0 Å². The lowest BCUT2D eigenvalue weighted by Gasteiger charge is -1.83. The Labute approximate surface area is 54.5 Å². The average molecular weight is 124 g/mol. The van der Waals surface area contributed by atoms with E-state index in [-0.39, 0.29) is 0 Å². The molecule has 2 nitrogen and oxygen atoms in total. The molecule has 48 valence electrons. The van der Waals surface area contributed by atoms with Crippen molar-refractivity contribution < 1.29 is 9.53 Å². The summed E-state index contributed by atoms with van der Waals surface area (Å²) in [5.41, 5.74) is 0.653. The van der Waals surface area contributed by atoms with E-state index in [1.165, 1.54) is 7.11 Å². The number of ether oxygens (including phenoxy) is 1. The van der Waals surface area contributed by atoms with E-state index in [1.54, 1.807) is 6.92 Å². The monoisotopic (exact) mass is 124 g/mol. The molecule has 0 aromatic carbocycles. The van der Waals surface area contributed by atoms with Crippen LogP contribution in [0.1, 0.15) is 6.92 Å². The Morgan fingerprint density at radius 2 is 2.11 bits per heavy atom. The molecule has 0 radical (unpaired) electrons. The molecule has 0 aromatic rings. The van der Waals surface area contributed by atoms with Crippen LogP contribution in [0.25, 0.3) is 0 Å². The number of rotatable bonds is 0. The molecular weight excluding hydrogens is 116 g/mol. The summed E-state index contributed by atoms with van der Waals surface area (Å²) in [4.78, 5) is 10.3. The molecule has 9 heavy (non-hydrogen) atoms. The minimum atomic E-state index is -0.530. The van der Waals surface area contributed by atoms with Crippen LogP contribution >= 0.6 is 0 Å². The summed E-state index contributed by atoms with van der Waals surface area (Å²) in [5.74, 6) is 4.17. The molecule has 2 heteroatoms. The highest BCUT2D eigenvalue weighted by Crippen LogP contribution is 1.79. The van der Waals surface area contributed by atoms with Gasteiger partial charge in [0.2, 0.25) is 0 Å². The van der Waals surface area contributed by atoms with E-state index < -0.39 is 5.97 Å². The van der Waals surface area contributed by atoms with E-state index in [9.17, 15) is 4.79 Å². The predicted octanol–water partition coefficient (Wildman–Crippen LogP) is 0.739. The number of methoxy groups -OCH3 is 1. The third kappa shape index (κ3) is 4.63. The third-order valence-corrected chi connectivity index (χ3v) is 0.563. The first kappa shape index (κ1) is 7.77. The second-order valence-corrected chi connectivity index (χ2v) is 1.52. The average Bonchev–Trinajstić information content (AvgIpc) is 1.83. The summed E-state index contributed by atoms with van der Waals surface area (Å²) in [6.45, 7) is 5.20. The van der Waals surface area contributed by atoms with E-state index in [4.69, 9.17) is 0 Å². The largest absolute Gasteiger partial charge is 0.459 e. The van der Waals surface area contributed by atoms with Crippen molar-refractivity contribution in [2.24, 2.45) is 0 Å². The molecular formula is C7H8O2. The Bertz CT molecular complexity index is 181. The lowest BCUT2D eigenvalue weighted by Crippen LogP contribution is -1.93. The van der Waals surface area contributed by atoms with Gasteiger partial charge >= 0.3 is 5.97 Å². The maximum atomic E-state index is 10.3. The highest BCUT2D eigenvalue weighted by molar-refractivity contribution is 5.88. The fourth-order valence-electron chi connectivity index (χ4n) is 0.209. The molecule has 0 N–H and O–H groups in total. The first-order valence-corrected chi connectivity index (χ1v) is 2.42. The van der Waals surface area contributed by atoms with E-state index in [2.05, 4.69) is 23.2 Å². The molecule has 0 heterocycles. The molecule has 0 aliphatic rings. The highest BCUT2D eigenvalue weighted by atomic mass is 16.5. The van der Waals surface area contributed by atoms with Gasteiger partial charge in [-0.2, -0.15) is 0 Å². The lowest BCUT2D eigenvalue weighted by atomic mass is 10.3. The Morgan fingerprint density at radius 1 is 1.56 bits per heavy atom. The molecule has 0 bridgehead atoms. The van der Waals surface area contributed by atoms with Gasteiger partial charge in [-0.1, -0.05) is 12.5 Å². The summed E-state index contributed by atoms with van der Waals surface area (Å²) in [7, 11) is 1.29. The molecule has 0 aliphatic carbocycles. The quantitative estimate of drug-likeness (QED) is 0.270. The number of esters is 1. The van der Waals surface area contributed by atoms with Gasteiger partial charge in [0.15, 0.2) is 0 Å². The molecule has 0 atom stereocenters. The van der Waals surface area contributed by atoms with Crippen molar-refractivity contribution in [1.82, 2.24) is 0 Å². The maximum absolute atomic E-state index is 10.3. The number of allylic oxidation sites excluding steroid dienone is 1. The van der Waals surface area contributed by atoms with Gasteiger partial charge in [-0.25, -0.2) is 4.79 Å². The summed E-state index contributed by atoms with van der Waals surface area (Å²) in [6.07, 6.45) is 0. The zero-order valence-corrected chi connectivity index (χ0v) is 5.52. The third-order valence-electron chi connectivity index (χ3n) is 0.563. The van der Waals surface area contributed by atoms with Crippen LogP contribution in [0.15, 0.2) is 12.2 Å². The Balaban J connectivity index is 3.88. The normalized spacial score (nSPS) is 6.89. The van der Waals surface area contributed by atoms with Crippen molar-refractivity contribution in [3.8, 4) is 11.8 Å². The van der Waals surface area contributed by atoms with Crippen molar-refractivity contribution >= 4 is 5.97 Å². The molecule has 0 aliphatic heterocycles. The number of hydrogen-bond acceptors (Lipinski definition) is 2. The van der Waals surface area contributed by atoms with E-state index in [0.717, 1.165) is 0 Å². The van der Waals surface area contributed by atoms with E-state index >= 15 is 0 Å². The second-order valence-electron chi connectivity index (χ2n) is 1.52. The minimum Gasteiger partial charge on any atom is -0.459 e. The summed E-state index contributed by atoms with van der Waals surface area (Å²) in [5, 5.41) is 0.